The van der Waals surface area contributed by atoms with Crippen LogP contribution >= 0.6 is 0 Å². The van der Waals surface area contributed by atoms with E-state index in [0.717, 1.165) is 12.8 Å². The van der Waals surface area contributed by atoms with E-state index in [1.165, 1.54) is 0 Å². The summed E-state index contributed by atoms with van der Waals surface area (Å²) in [4.78, 5) is 29.1. The van der Waals surface area contributed by atoms with Crippen molar-refractivity contribution in [1.82, 2.24) is 9.80 Å². The predicted molar refractivity (Wildman–Crippen MR) is 112 cm³/mol. The summed E-state index contributed by atoms with van der Waals surface area (Å²) in [6.07, 6.45) is 2.59. The molecule has 30 heavy (non-hydrogen) atoms. The Bertz CT molecular complexity index is 609. The van der Waals surface area contributed by atoms with Crippen LogP contribution in [0.3, 0.4) is 0 Å². The van der Waals surface area contributed by atoms with E-state index >= 15 is 0 Å². The second kappa shape index (κ2) is 11.1. The van der Waals surface area contributed by atoms with Crippen LogP contribution in [0, 0.1) is 22.7 Å². The third-order valence-corrected chi connectivity index (χ3v) is 4.68. The number of nitrogens with zero attached hydrogens (tertiary/aromatic N) is 4. The summed E-state index contributed by atoms with van der Waals surface area (Å²) in [5.74, 6) is 0. The molecule has 8 heteroatoms. The number of carbonyl (C=O) groups excluding carboxylic acids is 2. The fraction of sp³-hybridized carbons (Fsp3) is 0.818. The molecule has 0 N–H and O–H groups in total. The Hall–Kier alpha value is -2.48. The zero-order valence-electron chi connectivity index (χ0n) is 19.2. The Morgan fingerprint density at radius 2 is 1.13 bits per heavy atom. The maximum atomic E-state index is 13.0. The van der Waals surface area contributed by atoms with Gasteiger partial charge in [0.2, 0.25) is 0 Å². The van der Waals surface area contributed by atoms with Crippen molar-refractivity contribution < 1.29 is 19.1 Å². The number of carbonyl (C=O) groups is 2. The molecule has 1 fully saturated rings. The normalized spacial score (nSPS) is 19.2. The van der Waals surface area contributed by atoms with Gasteiger partial charge in [-0.3, -0.25) is 0 Å². The predicted octanol–water partition coefficient (Wildman–Crippen LogP) is 4.60. The fourth-order valence-electron chi connectivity index (χ4n) is 3.59. The molecule has 0 aromatic rings. The van der Waals surface area contributed by atoms with Crippen LogP contribution in [0.4, 0.5) is 9.59 Å². The SMILES string of the molecule is CC(C)(C)OC(=O)N(CCC#N)[C@@H]1CCCC[C@H]1N(CCC#N)C(=O)OC(C)(C)C. The van der Waals surface area contributed by atoms with Gasteiger partial charge in [-0.15, -0.1) is 0 Å². The van der Waals surface area contributed by atoms with Gasteiger partial charge in [0, 0.05) is 13.1 Å². The molecule has 1 saturated carbocycles. The Balaban J connectivity index is 3.22. The van der Waals surface area contributed by atoms with Gasteiger partial charge in [0.1, 0.15) is 11.2 Å². The summed E-state index contributed by atoms with van der Waals surface area (Å²) in [7, 11) is 0. The van der Waals surface area contributed by atoms with E-state index in [4.69, 9.17) is 20.0 Å². The van der Waals surface area contributed by atoms with Crippen LogP contribution in [0.15, 0.2) is 0 Å². The van der Waals surface area contributed by atoms with Crippen LogP contribution in [0.5, 0.6) is 0 Å². The van der Waals surface area contributed by atoms with Crippen molar-refractivity contribution in [2.45, 2.75) is 103 Å². The summed E-state index contributed by atoms with van der Waals surface area (Å²) < 4.78 is 11.2. The maximum Gasteiger partial charge on any atom is 0.410 e. The highest BCUT2D eigenvalue weighted by Gasteiger charge is 2.40. The van der Waals surface area contributed by atoms with E-state index < -0.39 is 23.4 Å². The van der Waals surface area contributed by atoms with Crippen molar-refractivity contribution in [3.05, 3.63) is 0 Å². The van der Waals surface area contributed by atoms with Crippen molar-refractivity contribution >= 4 is 12.2 Å². The van der Waals surface area contributed by atoms with Gasteiger partial charge in [-0.05, 0) is 54.4 Å². The first kappa shape index (κ1) is 25.6. The summed E-state index contributed by atoms with van der Waals surface area (Å²) >= 11 is 0. The van der Waals surface area contributed by atoms with Gasteiger partial charge in [-0.2, -0.15) is 10.5 Å². The summed E-state index contributed by atoms with van der Waals surface area (Å²) in [6, 6.07) is 3.58. The van der Waals surface area contributed by atoms with E-state index in [-0.39, 0.29) is 38.0 Å². The molecular weight excluding hydrogens is 384 g/mol. The lowest BCUT2D eigenvalue weighted by Crippen LogP contribution is -2.58. The molecule has 0 heterocycles. The van der Waals surface area contributed by atoms with Gasteiger partial charge in [-0.25, -0.2) is 9.59 Å². The maximum absolute atomic E-state index is 13.0. The van der Waals surface area contributed by atoms with E-state index in [2.05, 4.69) is 12.1 Å². The minimum Gasteiger partial charge on any atom is -0.444 e. The van der Waals surface area contributed by atoms with E-state index in [9.17, 15) is 9.59 Å². The molecule has 0 aromatic carbocycles. The summed E-state index contributed by atoms with van der Waals surface area (Å²) in [6.45, 7) is 11.2. The zero-order valence-corrected chi connectivity index (χ0v) is 19.2. The molecule has 1 aliphatic carbocycles. The van der Waals surface area contributed by atoms with Crippen molar-refractivity contribution in [1.29, 1.82) is 10.5 Å². The molecule has 0 bridgehead atoms. The first-order chi connectivity index (χ1) is 13.9. The molecule has 0 radical (unpaired) electrons. The van der Waals surface area contributed by atoms with Crippen molar-refractivity contribution in [3.63, 3.8) is 0 Å². The molecule has 2 atom stereocenters. The fourth-order valence-corrected chi connectivity index (χ4v) is 3.59. The van der Waals surface area contributed by atoms with Crippen LogP contribution < -0.4 is 0 Å². The third-order valence-electron chi connectivity index (χ3n) is 4.68. The van der Waals surface area contributed by atoms with Crippen LogP contribution in [-0.4, -0.2) is 58.4 Å². The molecule has 1 aliphatic rings. The van der Waals surface area contributed by atoms with Gasteiger partial charge in [0.15, 0.2) is 0 Å². The highest BCUT2D eigenvalue weighted by Crippen LogP contribution is 2.30. The highest BCUT2D eigenvalue weighted by molar-refractivity contribution is 5.70. The molecule has 0 saturated heterocycles. The number of amides is 2. The van der Waals surface area contributed by atoms with Crippen LogP contribution in [0.1, 0.15) is 80.1 Å². The largest absolute Gasteiger partial charge is 0.444 e. The monoisotopic (exact) mass is 420 g/mol. The first-order valence-electron chi connectivity index (χ1n) is 10.6. The Kier molecular flexibility index (Phi) is 9.42. The highest BCUT2D eigenvalue weighted by atomic mass is 16.6. The quantitative estimate of drug-likeness (QED) is 0.621. The number of nitriles is 2. The lowest BCUT2D eigenvalue weighted by molar-refractivity contribution is -0.0188. The van der Waals surface area contributed by atoms with E-state index in [1.807, 2.05) is 0 Å². The number of hydrogen-bond acceptors (Lipinski definition) is 6. The molecule has 2 amide bonds. The van der Waals surface area contributed by atoms with E-state index in [0.29, 0.717) is 12.8 Å². The number of rotatable bonds is 6. The molecule has 168 valence electrons. The minimum absolute atomic E-state index is 0.174. The zero-order chi connectivity index (χ0) is 22.9. The smallest absolute Gasteiger partial charge is 0.410 e. The molecule has 0 aromatic heterocycles. The Labute approximate surface area is 180 Å². The first-order valence-corrected chi connectivity index (χ1v) is 10.6. The minimum atomic E-state index is -0.669. The molecule has 0 aliphatic heterocycles. The van der Waals surface area contributed by atoms with Crippen LogP contribution in [0.25, 0.3) is 0 Å². The van der Waals surface area contributed by atoms with Gasteiger partial charge < -0.3 is 19.3 Å². The summed E-state index contributed by atoms with van der Waals surface area (Å²) in [5.41, 5.74) is -1.34. The van der Waals surface area contributed by atoms with Gasteiger partial charge >= 0.3 is 12.2 Å². The lowest BCUT2D eigenvalue weighted by Gasteiger charge is -2.44. The Morgan fingerprint density at radius 3 is 1.40 bits per heavy atom. The topological polar surface area (TPSA) is 107 Å². The second-order valence-corrected chi connectivity index (χ2v) is 9.58. The Morgan fingerprint density at radius 1 is 0.800 bits per heavy atom. The molecule has 0 spiro atoms. The molecule has 0 unspecified atom stereocenters. The molecular formula is C22H36N4O4. The number of ether oxygens (including phenoxy) is 2. The average Bonchev–Trinajstić information content (AvgIpc) is 2.60. The standard InChI is InChI=1S/C22H36N4O4/c1-21(2,3)29-19(27)25(15-9-13-23)17-11-7-8-12-18(17)26(16-10-14-24)20(28)30-22(4,5)6/h17-18H,7-12,15-16H2,1-6H3/t17-,18-/m1/s1. The van der Waals surface area contributed by atoms with Gasteiger partial charge in [-0.1, -0.05) is 12.8 Å². The third kappa shape index (κ3) is 8.49. The second-order valence-electron chi connectivity index (χ2n) is 9.58. The van der Waals surface area contributed by atoms with Gasteiger partial charge in [0.05, 0.1) is 37.1 Å². The van der Waals surface area contributed by atoms with Crippen LogP contribution in [0.2, 0.25) is 0 Å². The van der Waals surface area contributed by atoms with Crippen molar-refractivity contribution in [3.8, 4) is 12.1 Å². The van der Waals surface area contributed by atoms with Crippen molar-refractivity contribution in [2.75, 3.05) is 13.1 Å². The van der Waals surface area contributed by atoms with Crippen molar-refractivity contribution in [2.24, 2.45) is 0 Å². The molecule has 8 nitrogen and oxygen atoms in total. The van der Waals surface area contributed by atoms with Crippen LogP contribution in [-0.2, 0) is 9.47 Å². The molecule has 1 rings (SSSR count). The average molecular weight is 421 g/mol. The number of hydrogen-bond donors (Lipinski definition) is 0. The lowest BCUT2D eigenvalue weighted by atomic mass is 9.88. The summed E-state index contributed by atoms with van der Waals surface area (Å²) in [5, 5.41) is 18.2. The van der Waals surface area contributed by atoms with Gasteiger partial charge in [0.25, 0.3) is 0 Å². The van der Waals surface area contributed by atoms with E-state index in [1.54, 1.807) is 51.3 Å².